The number of hydrogen-bond acceptors (Lipinski definition) is 4. The number of nitrogens with two attached hydrogens (primary N) is 1. The molecule has 0 spiro atoms. The molecule has 2 rings (SSSR count). The quantitative estimate of drug-likeness (QED) is 0.819. The summed E-state index contributed by atoms with van der Waals surface area (Å²) in [6.45, 7) is -0.0609. The minimum atomic E-state index is -3.60. The molecule has 1 amide bonds. The molecule has 20 heavy (non-hydrogen) atoms. The summed E-state index contributed by atoms with van der Waals surface area (Å²) in [5.74, 6) is -0.744. The lowest BCUT2D eigenvalue weighted by Gasteiger charge is -2.08. The number of sulfonamides is 1. The maximum atomic E-state index is 12.0. The fourth-order valence-electron chi connectivity index (χ4n) is 1.74. The van der Waals surface area contributed by atoms with Gasteiger partial charge in [0, 0.05) is 18.1 Å². The lowest BCUT2D eigenvalue weighted by Crippen LogP contribution is -2.31. The first-order valence-corrected chi connectivity index (χ1v) is 7.80. The summed E-state index contributed by atoms with van der Waals surface area (Å²) in [5, 5.41) is 8.97. The van der Waals surface area contributed by atoms with E-state index in [1.54, 1.807) is 24.3 Å². The van der Waals surface area contributed by atoms with Crippen molar-refractivity contribution in [1.29, 1.82) is 0 Å². The van der Waals surface area contributed by atoms with E-state index in [4.69, 9.17) is 16.7 Å². The van der Waals surface area contributed by atoms with Crippen LogP contribution in [-0.2, 0) is 10.0 Å². The molecule has 6 nitrogen and oxygen atoms in total. The molecule has 0 radical (unpaired) electrons. The van der Waals surface area contributed by atoms with Gasteiger partial charge in [-0.2, -0.15) is 0 Å². The van der Waals surface area contributed by atoms with Crippen molar-refractivity contribution in [2.45, 2.75) is 0 Å². The number of nitrogens with one attached hydrogen (secondary N) is 1. The van der Waals surface area contributed by atoms with E-state index in [0.717, 1.165) is 0 Å². The van der Waals surface area contributed by atoms with Crippen molar-refractivity contribution in [3.05, 3.63) is 41.2 Å². The van der Waals surface area contributed by atoms with Gasteiger partial charge in [-0.25, -0.2) is 18.5 Å². The third kappa shape index (κ3) is 3.44. The van der Waals surface area contributed by atoms with Crippen LogP contribution in [0.2, 0.25) is 5.15 Å². The van der Waals surface area contributed by atoms with Crippen LogP contribution in [0.5, 0.6) is 0 Å². The van der Waals surface area contributed by atoms with Gasteiger partial charge in [-0.05, 0) is 5.39 Å². The van der Waals surface area contributed by atoms with Crippen LogP contribution in [0.25, 0.3) is 10.8 Å². The number of benzene rings is 1. The largest absolute Gasteiger partial charge is 0.351 e. The zero-order valence-corrected chi connectivity index (χ0v) is 11.9. The normalized spacial score (nSPS) is 11.5. The number of aromatic nitrogens is 1. The highest BCUT2D eigenvalue weighted by Gasteiger charge is 2.13. The van der Waals surface area contributed by atoms with Crippen LogP contribution in [0, 0.1) is 0 Å². The van der Waals surface area contributed by atoms with E-state index in [9.17, 15) is 13.2 Å². The molecule has 0 saturated carbocycles. The van der Waals surface area contributed by atoms with Gasteiger partial charge in [-0.3, -0.25) is 4.79 Å². The Kier molecular flexibility index (Phi) is 4.22. The smallest absolute Gasteiger partial charge is 0.253 e. The summed E-state index contributed by atoms with van der Waals surface area (Å²) in [6, 6.07) is 7.07. The highest BCUT2D eigenvalue weighted by atomic mass is 35.5. The highest BCUT2D eigenvalue weighted by molar-refractivity contribution is 7.89. The lowest BCUT2D eigenvalue weighted by atomic mass is 10.1. The summed E-state index contributed by atoms with van der Waals surface area (Å²) in [7, 11) is -3.60. The molecule has 0 aliphatic rings. The molecule has 3 N–H and O–H groups in total. The first kappa shape index (κ1) is 14.7. The zero-order valence-electron chi connectivity index (χ0n) is 10.3. The van der Waals surface area contributed by atoms with Gasteiger partial charge in [0.2, 0.25) is 10.0 Å². The Balaban J connectivity index is 2.25. The molecule has 0 unspecified atom stereocenters. The third-order valence-corrected chi connectivity index (χ3v) is 3.74. The molecule has 0 aliphatic carbocycles. The second-order valence-corrected chi connectivity index (χ2v) is 6.22. The van der Waals surface area contributed by atoms with Gasteiger partial charge in [0.05, 0.1) is 11.3 Å². The topological polar surface area (TPSA) is 102 Å². The average Bonchev–Trinajstić information content (AvgIpc) is 2.38. The minimum Gasteiger partial charge on any atom is -0.351 e. The molecule has 2 aromatic rings. The van der Waals surface area contributed by atoms with Crippen molar-refractivity contribution in [2.24, 2.45) is 5.14 Å². The minimum absolute atomic E-state index is 0.0609. The van der Waals surface area contributed by atoms with Crippen LogP contribution >= 0.6 is 11.6 Å². The number of pyridine rings is 1. The number of halogens is 1. The van der Waals surface area contributed by atoms with E-state index < -0.39 is 15.9 Å². The molecule has 0 bridgehead atoms. The second kappa shape index (κ2) is 5.74. The standard InChI is InChI=1S/C12H12ClN3O3S/c13-11-9-4-2-1-3-8(9)10(7-16-11)12(17)15-5-6-20(14,18)19/h1-4,7H,5-6H2,(H,15,17)(H2,14,18,19). The van der Waals surface area contributed by atoms with Gasteiger partial charge in [-0.15, -0.1) is 0 Å². The Morgan fingerprint density at radius 3 is 2.60 bits per heavy atom. The summed E-state index contributed by atoms with van der Waals surface area (Å²) in [6.07, 6.45) is 1.36. The van der Waals surface area contributed by atoms with Crippen LogP contribution in [0.1, 0.15) is 10.4 Å². The molecule has 0 saturated heterocycles. The van der Waals surface area contributed by atoms with Crippen LogP contribution in [0.4, 0.5) is 0 Å². The first-order chi connectivity index (χ1) is 9.38. The Morgan fingerprint density at radius 1 is 1.30 bits per heavy atom. The van der Waals surface area contributed by atoms with Crippen LogP contribution in [-0.4, -0.2) is 31.6 Å². The van der Waals surface area contributed by atoms with Crippen molar-refractivity contribution < 1.29 is 13.2 Å². The highest BCUT2D eigenvalue weighted by Crippen LogP contribution is 2.23. The molecule has 106 valence electrons. The molecule has 8 heteroatoms. The van der Waals surface area contributed by atoms with Crippen LogP contribution < -0.4 is 10.5 Å². The van der Waals surface area contributed by atoms with Gasteiger partial charge in [0.1, 0.15) is 5.15 Å². The molecule has 0 atom stereocenters. The van der Waals surface area contributed by atoms with Crippen LogP contribution in [0.3, 0.4) is 0 Å². The second-order valence-electron chi connectivity index (χ2n) is 4.13. The van der Waals surface area contributed by atoms with Crippen molar-refractivity contribution in [3.63, 3.8) is 0 Å². The van der Waals surface area contributed by atoms with Crippen molar-refractivity contribution >= 4 is 38.3 Å². The molecular formula is C12H12ClN3O3S. The molecule has 0 aliphatic heterocycles. The van der Waals surface area contributed by atoms with Gasteiger partial charge >= 0.3 is 0 Å². The van der Waals surface area contributed by atoms with E-state index in [0.29, 0.717) is 21.5 Å². The van der Waals surface area contributed by atoms with E-state index in [1.165, 1.54) is 6.20 Å². The van der Waals surface area contributed by atoms with Gasteiger partial charge in [0.25, 0.3) is 5.91 Å². The fraction of sp³-hybridized carbons (Fsp3) is 0.167. The maximum absolute atomic E-state index is 12.0. The number of nitrogens with zero attached hydrogens (tertiary/aromatic N) is 1. The predicted molar refractivity (Wildman–Crippen MR) is 77.1 cm³/mol. The Morgan fingerprint density at radius 2 is 1.95 bits per heavy atom. The van der Waals surface area contributed by atoms with E-state index in [-0.39, 0.29) is 12.3 Å². The molecule has 0 fully saturated rings. The Labute approximate surface area is 121 Å². The van der Waals surface area contributed by atoms with Crippen molar-refractivity contribution in [3.8, 4) is 0 Å². The van der Waals surface area contributed by atoms with E-state index >= 15 is 0 Å². The third-order valence-electron chi connectivity index (χ3n) is 2.66. The first-order valence-electron chi connectivity index (χ1n) is 5.70. The van der Waals surface area contributed by atoms with Gasteiger partial charge in [-0.1, -0.05) is 35.9 Å². The van der Waals surface area contributed by atoms with Crippen LogP contribution in [0.15, 0.2) is 30.5 Å². The van der Waals surface area contributed by atoms with Gasteiger partial charge in [0.15, 0.2) is 0 Å². The van der Waals surface area contributed by atoms with E-state index in [2.05, 4.69) is 10.3 Å². The summed E-state index contributed by atoms with van der Waals surface area (Å²) < 4.78 is 21.6. The number of carbonyl (C=O) groups excluding carboxylic acids is 1. The molecule has 1 aromatic carbocycles. The van der Waals surface area contributed by atoms with Crippen molar-refractivity contribution in [1.82, 2.24) is 10.3 Å². The van der Waals surface area contributed by atoms with Crippen molar-refractivity contribution in [2.75, 3.05) is 12.3 Å². The fourth-order valence-corrected chi connectivity index (χ4v) is 2.34. The molecule has 1 aromatic heterocycles. The SMILES string of the molecule is NS(=O)(=O)CCNC(=O)c1cnc(Cl)c2ccccc12. The summed E-state index contributed by atoms with van der Waals surface area (Å²) in [4.78, 5) is 16.0. The average molecular weight is 314 g/mol. The number of fused-ring (bicyclic) bond motifs is 1. The van der Waals surface area contributed by atoms with Gasteiger partial charge < -0.3 is 5.32 Å². The Hall–Kier alpha value is -1.70. The number of primary sulfonamides is 1. The molecule has 1 heterocycles. The van der Waals surface area contributed by atoms with E-state index in [1.807, 2.05) is 0 Å². The number of hydrogen-bond donors (Lipinski definition) is 2. The predicted octanol–water partition coefficient (Wildman–Crippen LogP) is 0.907. The number of carbonyl (C=O) groups is 1. The summed E-state index contributed by atoms with van der Waals surface area (Å²) >= 11 is 5.96. The molecular weight excluding hydrogens is 302 g/mol. The zero-order chi connectivity index (χ0) is 14.8. The summed E-state index contributed by atoms with van der Waals surface area (Å²) in [5.41, 5.74) is 0.333. The monoisotopic (exact) mass is 313 g/mol. The Bertz CT molecular complexity index is 762. The number of amides is 1. The maximum Gasteiger partial charge on any atom is 0.253 e. The number of rotatable bonds is 4. The lowest BCUT2D eigenvalue weighted by molar-refractivity contribution is 0.0957.